The Bertz CT molecular complexity index is 1200. The number of hydrogen-bond acceptors (Lipinski definition) is 4. The molecule has 0 bridgehead atoms. The lowest BCUT2D eigenvalue weighted by Crippen LogP contribution is -2.14. The summed E-state index contributed by atoms with van der Waals surface area (Å²) in [5, 5.41) is 12.7. The standard InChI is InChI=1S/C22H19Cl2N5O2/c1-15-10-18(24)6-7-21(15)31-14-28-9-8-20(27-28)22(30)26-19-11-25-29(13-19)12-16-2-4-17(23)5-3-16/h2-11,13H,12,14H2,1H3,(H,26,30). The molecule has 0 aliphatic carbocycles. The van der Waals surface area contributed by atoms with Gasteiger partial charge in [-0.15, -0.1) is 0 Å². The van der Waals surface area contributed by atoms with Crippen molar-refractivity contribution >= 4 is 34.8 Å². The highest BCUT2D eigenvalue weighted by Crippen LogP contribution is 2.22. The van der Waals surface area contributed by atoms with Crippen LogP contribution in [0.15, 0.2) is 67.1 Å². The van der Waals surface area contributed by atoms with Crippen LogP contribution in [0, 0.1) is 6.92 Å². The van der Waals surface area contributed by atoms with Crippen LogP contribution in [0.5, 0.6) is 5.75 Å². The van der Waals surface area contributed by atoms with Crippen molar-refractivity contribution in [3.8, 4) is 5.75 Å². The predicted octanol–water partition coefficient (Wildman–Crippen LogP) is 5.03. The molecule has 31 heavy (non-hydrogen) atoms. The number of ether oxygens (including phenoxy) is 1. The third-order valence-electron chi connectivity index (χ3n) is 4.51. The number of carbonyl (C=O) groups is 1. The van der Waals surface area contributed by atoms with Crippen molar-refractivity contribution in [3.05, 3.63) is 94.0 Å². The van der Waals surface area contributed by atoms with Crippen LogP contribution >= 0.6 is 23.2 Å². The molecule has 1 amide bonds. The summed E-state index contributed by atoms with van der Waals surface area (Å²) in [4.78, 5) is 12.5. The molecule has 0 spiro atoms. The van der Waals surface area contributed by atoms with E-state index in [0.29, 0.717) is 28.0 Å². The Hall–Kier alpha value is -3.29. The van der Waals surface area contributed by atoms with Gasteiger partial charge in [0, 0.05) is 22.4 Å². The Labute approximate surface area is 189 Å². The number of aromatic nitrogens is 4. The lowest BCUT2D eigenvalue weighted by Gasteiger charge is -2.09. The number of halogens is 2. The van der Waals surface area contributed by atoms with Crippen molar-refractivity contribution in [2.24, 2.45) is 0 Å². The lowest BCUT2D eigenvalue weighted by molar-refractivity contribution is 0.102. The highest BCUT2D eigenvalue weighted by atomic mass is 35.5. The van der Waals surface area contributed by atoms with Crippen molar-refractivity contribution in [2.75, 3.05) is 5.32 Å². The minimum absolute atomic E-state index is 0.175. The molecule has 4 aromatic rings. The van der Waals surface area contributed by atoms with Crippen LogP contribution in [0.25, 0.3) is 0 Å². The highest BCUT2D eigenvalue weighted by molar-refractivity contribution is 6.30. The number of amides is 1. The molecule has 7 nitrogen and oxygen atoms in total. The molecule has 0 saturated carbocycles. The van der Waals surface area contributed by atoms with E-state index < -0.39 is 0 Å². The molecule has 0 fully saturated rings. The van der Waals surface area contributed by atoms with Gasteiger partial charge in [-0.1, -0.05) is 35.3 Å². The summed E-state index contributed by atoms with van der Waals surface area (Å²) in [6.07, 6.45) is 5.04. The van der Waals surface area contributed by atoms with Gasteiger partial charge in [-0.25, -0.2) is 4.68 Å². The van der Waals surface area contributed by atoms with E-state index >= 15 is 0 Å². The average Bonchev–Trinajstić information content (AvgIpc) is 3.39. The van der Waals surface area contributed by atoms with Gasteiger partial charge in [0.1, 0.15) is 5.75 Å². The smallest absolute Gasteiger partial charge is 0.276 e. The summed E-state index contributed by atoms with van der Waals surface area (Å²) >= 11 is 11.9. The van der Waals surface area contributed by atoms with Crippen molar-refractivity contribution in [2.45, 2.75) is 20.2 Å². The first-order valence-corrected chi connectivity index (χ1v) is 10.2. The zero-order valence-electron chi connectivity index (χ0n) is 16.6. The quantitative estimate of drug-likeness (QED) is 0.423. The zero-order valence-corrected chi connectivity index (χ0v) is 18.1. The van der Waals surface area contributed by atoms with E-state index in [1.54, 1.807) is 46.2 Å². The van der Waals surface area contributed by atoms with Gasteiger partial charge in [0.2, 0.25) is 0 Å². The number of nitrogens with one attached hydrogen (secondary N) is 1. The third-order valence-corrected chi connectivity index (χ3v) is 5.00. The summed E-state index contributed by atoms with van der Waals surface area (Å²) in [5.41, 5.74) is 2.84. The first kappa shape index (κ1) is 21.0. The van der Waals surface area contributed by atoms with Gasteiger partial charge in [-0.3, -0.25) is 9.48 Å². The second-order valence-electron chi connectivity index (χ2n) is 6.93. The number of anilines is 1. The molecule has 0 unspecified atom stereocenters. The van der Waals surface area contributed by atoms with Crippen LogP contribution < -0.4 is 10.1 Å². The minimum Gasteiger partial charge on any atom is -0.471 e. The van der Waals surface area contributed by atoms with Gasteiger partial charge >= 0.3 is 0 Å². The Kier molecular flexibility index (Phi) is 6.25. The molecule has 0 atom stereocenters. The number of nitrogens with zero attached hydrogens (tertiary/aromatic N) is 4. The van der Waals surface area contributed by atoms with Crippen molar-refractivity contribution in [3.63, 3.8) is 0 Å². The molecule has 9 heteroatoms. The number of hydrogen-bond donors (Lipinski definition) is 1. The van der Waals surface area contributed by atoms with E-state index in [1.165, 1.54) is 0 Å². The summed E-state index contributed by atoms with van der Waals surface area (Å²) in [5.74, 6) is 0.381. The maximum Gasteiger partial charge on any atom is 0.276 e. The fraction of sp³-hybridized carbons (Fsp3) is 0.136. The van der Waals surface area contributed by atoms with Gasteiger partial charge in [-0.05, 0) is 54.4 Å². The van der Waals surface area contributed by atoms with Crippen molar-refractivity contribution < 1.29 is 9.53 Å². The van der Waals surface area contributed by atoms with E-state index in [4.69, 9.17) is 27.9 Å². The Morgan fingerprint density at radius 3 is 2.61 bits per heavy atom. The summed E-state index contributed by atoms with van der Waals surface area (Å²) in [6.45, 7) is 2.66. The zero-order chi connectivity index (χ0) is 21.8. The number of benzene rings is 2. The number of aryl methyl sites for hydroxylation is 1. The maximum atomic E-state index is 12.5. The third kappa shape index (κ3) is 5.45. The second-order valence-corrected chi connectivity index (χ2v) is 7.80. The molecular weight excluding hydrogens is 437 g/mol. The summed E-state index contributed by atoms with van der Waals surface area (Å²) < 4.78 is 9.03. The van der Waals surface area contributed by atoms with E-state index in [2.05, 4.69) is 15.5 Å². The van der Waals surface area contributed by atoms with Crippen LogP contribution in [0.3, 0.4) is 0 Å². The van der Waals surface area contributed by atoms with Crippen LogP contribution in [0.1, 0.15) is 21.6 Å². The van der Waals surface area contributed by atoms with Gasteiger partial charge in [0.15, 0.2) is 12.4 Å². The molecule has 2 aromatic heterocycles. The molecule has 0 aliphatic heterocycles. The highest BCUT2D eigenvalue weighted by Gasteiger charge is 2.12. The van der Waals surface area contributed by atoms with Crippen LogP contribution in [0.4, 0.5) is 5.69 Å². The molecule has 158 valence electrons. The van der Waals surface area contributed by atoms with Gasteiger partial charge < -0.3 is 10.1 Å². The van der Waals surface area contributed by atoms with Crippen LogP contribution in [-0.2, 0) is 13.3 Å². The van der Waals surface area contributed by atoms with E-state index in [-0.39, 0.29) is 18.3 Å². The summed E-state index contributed by atoms with van der Waals surface area (Å²) in [7, 11) is 0. The fourth-order valence-corrected chi connectivity index (χ4v) is 3.30. The van der Waals surface area contributed by atoms with Gasteiger partial charge in [-0.2, -0.15) is 10.2 Å². The van der Waals surface area contributed by atoms with Crippen molar-refractivity contribution in [1.29, 1.82) is 0 Å². The predicted molar refractivity (Wildman–Crippen MR) is 120 cm³/mol. The largest absolute Gasteiger partial charge is 0.471 e. The van der Waals surface area contributed by atoms with Gasteiger partial charge in [0.05, 0.1) is 18.4 Å². The molecule has 2 aromatic carbocycles. The monoisotopic (exact) mass is 455 g/mol. The molecule has 2 heterocycles. The minimum atomic E-state index is -0.326. The lowest BCUT2D eigenvalue weighted by atomic mass is 10.2. The SMILES string of the molecule is Cc1cc(Cl)ccc1OCn1ccc(C(=O)Nc2cnn(Cc3ccc(Cl)cc3)c2)n1. The fourth-order valence-electron chi connectivity index (χ4n) is 2.95. The maximum absolute atomic E-state index is 12.5. The average molecular weight is 456 g/mol. The van der Waals surface area contributed by atoms with Crippen LogP contribution in [-0.4, -0.2) is 25.5 Å². The van der Waals surface area contributed by atoms with Gasteiger partial charge in [0.25, 0.3) is 5.91 Å². The van der Waals surface area contributed by atoms with E-state index in [0.717, 1.165) is 11.1 Å². The van der Waals surface area contributed by atoms with Crippen LogP contribution in [0.2, 0.25) is 10.0 Å². The van der Waals surface area contributed by atoms with E-state index in [1.807, 2.05) is 37.3 Å². The first-order valence-electron chi connectivity index (χ1n) is 9.47. The molecule has 0 aliphatic rings. The van der Waals surface area contributed by atoms with E-state index in [9.17, 15) is 4.79 Å². The second kappa shape index (κ2) is 9.24. The normalized spacial score (nSPS) is 10.8. The Morgan fingerprint density at radius 1 is 1.06 bits per heavy atom. The summed E-state index contributed by atoms with van der Waals surface area (Å²) in [6, 6.07) is 14.5. The number of rotatable bonds is 7. The molecule has 4 rings (SSSR count). The molecular formula is C22H19Cl2N5O2. The van der Waals surface area contributed by atoms with Crippen molar-refractivity contribution in [1.82, 2.24) is 19.6 Å². The Morgan fingerprint density at radius 2 is 1.84 bits per heavy atom. The Balaban J connectivity index is 1.33. The molecule has 0 radical (unpaired) electrons. The first-order chi connectivity index (χ1) is 15.0. The molecule has 1 N–H and O–H groups in total. The number of carbonyl (C=O) groups excluding carboxylic acids is 1. The topological polar surface area (TPSA) is 74.0 Å². The molecule has 0 saturated heterocycles.